The van der Waals surface area contributed by atoms with Gasteiger partial charge in [-0.3, -0.25) is 20.8 Å². The molecule has 0 fully saturated rings. The van der Waals surface area contributed by atoms with Gasteiger partial charge in [-0.2, -0.15) is 13.2 Å². The van der Waals surface area contributed by atoms with E-state index in [-0.39, 0.29) is 5.95 Å². The average molecular weight is 457 g/mol. The molecule has 0 atom stereocenters. The van der Waals surface area contributed by atoms with Gasteiger partial charge in [0.05, 0.1) is 12.9 Å². The summed E-state index contributed by atoms with van der Waals surface area (Å²) >= 11 is 0. The Morgan fingerprint density at radius 3 is 2.41 bits per heavy atom. The molecule has 0 aliphatic rings. The number of aryl methyl sites for hydroxylation is 1. The summed E-state index contributed by atoms with van der Waals surface area (Å²) in [5, 5.41) is 10.3. The van der Waals surface area contributed by atoms with Crippen molar-refractivity contribution in [2.75, 3.05) is 11.9 Å². The van der Waals surface area contributed by atoms with Gasteiger partial charge in [-0.25, -0.2) is 9.78 Å². The molecule has 1 heterocycles. The highest BCUT2D eigenvalue weighted by atomic mass is 19.4. The second-order valence-electron chi connectivity index (χ2n) is 7.20. The molecule has 0 radical (unpaired) electrons. The third kappa shape index (κ3) is 11.0. The van der Waals surface area contributed by atoms with Gasteiger partial charge < -0.3 is 14.0 Å². The summed E-state index contributed by atoms with van der Waals surface area (Å²) in [6.45, 7) is 6.05. The van der Waals surface area contributed by atoms with Gasteiger partial charge in [0.1, 0.15) is 11.4 Å². The lowest BCUT2D eigenvalue weighted by molar-refractivity contribution is -0.167. The number of hydrogen-bond acceptors (Lipinski definition) is 6. The predicted octanol–water partition coefficient (Wildman–Crippen LogP) is 3.97. The van der Waals surface area contributed by atoms with Gasteiger partial charge in [-0.05, 0) is 39.3 Å². The maximum atomic E-state index is 12.2. The van der Waals surface area contributed by atoms with Crippen LogP contribution >= 0.6 is 0 Å². The van der Waals surface area contributed by atoms with Crippen molar-refractivity contribution < 1.29 is 32.2 Å². The third-order valence-corrected chi connectivity index (χ3v) is 3.34. The lowest BCUT2D eigenvalue weighted by Crippen LogP contribution is -2.31. The maximum absolute atomic E-state index is 12.2. The number of carbonyl (C=O) groups is 2. The minimum Gasteiger partial charge on any atom is -0.494 e. The van der Waals surface area contributed by atoms with Crippen molar-refractivity contribution >= 4 is 24.3 Å². The number of alkyl halides is 3. The number of nitrogens with zero attached hydrogens (tertiary/aromatic N) is 2. The van der Waals surface area contributed by atoms with Crippen LogP contribution in [0.5, 0.6) is 5.75 Å². The van der Waals surface area contributed by atoms with Crippen molar-refractivity contribution in [2.24, 2.45) is 0 Å². The molecule has 0 aliphatic heterocycles. The molecular formula is C20H26F3N5O4. The smallest absolute Gasteiger partial charge is 0.471 e. The first-order chi connectivity index (χ1) is 14.9. The Morgan fingerprint density at radius 2 is 1.84 bits per heavy atom. The van der Waals surface area contributed by atoms with Gasteiger partial charge in [-0.15, -0.1) is 0 Å². The fourth-order valence-corrected chi connectivity index (χ4v) is 2.09. The van der Waals surface area contributed by atoms with Gasteiger partial charge in [0, 0.05) is 18.9 Å². The summed E-state index contributed by atoms with van der Waals surface area (Å²) < 4.78 is 48.3. The Kier molecular flexibility index (Phi) is 10.2. The van der Waals surface area contributed by atoms with Gasteiger partial charge in [0.2, 0.25) is 5.95 Å². The Hall–Kier alpha value is -3.57. The van der Waals surface area contributed by atoms with E-state index in [0.717, 1.165) is 12.1 Å². The number of para-hydroxylation sites is 1. The van der Waals surface area contributed by atoms with E-state index in [2.05, 4.69) is 10.3 Å². The normalized spacial score (nSPS) is 10.9. The summed E-state index contributed by atoms with van der Waals surface area (Å²) in [6, 6.07) is 9.18. The molecule has 0 aliphatic carbocycles. The van der Waals surface area contributed by atoms with E-state index in [1.807, 2.05) is 30.3 Å². The highest BCUT2D eigenvalue weighted by molar-refractivity contribution is 5.93. The number of amides is 2. The molecule has 0 saturated heterocycles. The van der Waals surface area contributed by atoms with Crippen LogP contribution in [0.4, 0.5) is 23.9 Å². The molecule has 32 heavy (non-hydrogen) atoms. The van der Waals surface area contributed by atoms with Crippen molar-refractivity contribution in [2.45, 2.75) is 45.5 Å². The quantitative estimate of drug-likeness (QED) is 0.330. The zero-order valence-corrected chi connectivity index (χ0v) is 17.9. The summed E-state index contributed by atoms with van der Waals surface area (Å²) in [7, 11) is 0. The number of imidazole rings is 1. The van der Waals surface area contributed by atoms with Gasteiger partial charge in [0.25, 0.3) is 0 Å². The minimum atomic E-state index is -4.94. The van der Waals surface area contributed by atoms with Crippen LogP contribution in [0.3, 0.4) is 0 Å². The summed E-state index contributed by atoms with van der Waals surface area (Å²) in [6.07, 6.45) is -1.37. The lowest BCUT2D eigenvalue weighted by atomic mass is 10.2. The molecular weight excluding hydrogens is 431 g/mol. The molecule has 12 heteroatoms. The SMILES string of the molecule is CC(C)(C)OC(=O)NC=N.O=C(Nc1nccn1CCCOc1ccccc1)C(F)(F)F. The number of anilines is 1. The number of nitrogens with one attached hydrogen (secondary N) is 3. The van der Waals surface area contributed by atoms with E-state index in [9.17, 15) is 22.8 Å². The van der Waals surface area contributed by atoms with E-state index in [0.29, 0.717) is 19.6 Å². The monoisotopic (exact) mass is 457 g/mol. The predicted molar refractivity (Wildman–Crippen MR) is 112 cm³/mol. The zero-order chi connectivity index (χ0) is 24.2. The molecule has 1 aromatic heterocycles. The molecule has 0 saturated carbocycles. The van der Waals surface area contributed by atoms with Crippen LogP contribution in [0.1, 0.15) is 27.2 Å². The van der Waals surface area contributed by atoms with Crippen LogP contribution in [-0.2, 0) is 16.1 Å². The number of ether oxygens (including phenoxy) is 2. The van der Waals surface area contributed by atoms with Crippen molar-refractivity contribution in [1.29, 1.82) is 5.41 Å². The molecule has 9 nitrogen and oxygen atoms in total. The second-order valence-corrected chi connectivity index (χ2v) is 7.20. The van der Waals surface area contributed by atoms with Crippen molar-refractivity contribution in [1.82, 2.24) is 14.9 Å². The Labute approximate surface area is 183 Å². The van der Waals surface area contributed by atoms with Crippen LogP contribution in [0.25, 0.3) is 0 Å². The Balaban J connectivity index is 0.000000433. The minimum absolute atomic E-state index is 0.137. The van der Waals surface area contributed by atoms with E-state index in [1.165, 1.54) is 17.0 Å². The van der Waals surface area contributed by atoms with Gasteiger partial charge in [-0.1, -0.05) is 18.2 Å². The average Bonchev–Trinajstić information content (AvgIpc) is 3.11. The standard InChI is InChI=1S/C14H14F3N3O2.C6H12N2O2/c15-14(16,17)12(21)19-13-18-7-9-20(13)8-4-10-22-11-5-2-1-3-6-11;1-6(2,3)10-5(9)8-4-7/h1-3,5-7,9H,4,8,10H2,(H,18,19,21);4H,1-3H3,(H2,7,8,9). The molecule has 2 amide bonds. The highest BCUT2D eigenvalue weighted by Gasteiger charge is 2.39. The Morgan fingerprint density at radius 1 is 1.19 bits per heavy atom. The van der Waals surface area contributed by atoms with E-state index in [1.54, 1.807) is 26.1 Å². The first kappa shape index (κ1) is 26.5. The van der Waals surface area contributed by atoms with Crippen molar-refractivity contribution in [3.05, 3.63) is 42.7 Å². The van der Waals surface area contributed by atoms with Gasteiger partial charge in [0.15, 0.2) is 0 Å². The second kappa shape index (κ2) is 12.3. The van der Waals surface area contributed by atoms with Crippen LogP contribution < -0.4 is 15.4 Å². The first-order valence-electron chi connectivity index (χ1n) is 9.48. The molecule has 1 aromatic carbocycles. The zero-order valence-electron chi connectivity index (χ0n) is 17.9. The largest absolute Gasteiger partial charge is 0.494 e. The molecule has 0 bridgehead atoms. The fraction of sp³-hybridized carbons (Fsp3) is 0.400. The van der Waals surface area contributed by atoms with Crippen LogP contribution in [0.2, 0.25) is 0 Å². The van der Waals surface area contributed by atoms with Crippen molar-refractivity contribution in [3.63, 3.8) is 0 Å². The van der Waals surface area contributed by atoms with E-state index < -0.39 is 23.8 Å². The van der Waals surface area contributed by atoms with Crippen LogP contribution in [-0.4, -0.2) is 46.3 Å². The summed E-state index contributed by atoms with van der Waals surface area (Å²) in [4.78, 5) is 25.2. The molecule has 2 rings (SSSR count). The number of benzene rings is 1. The Bertz CT molecular complexity index is 864. The topological polar surface area (TPSA) is 118 Å². The molecule has 2 aromatic rings. The van der Waals surface area contributed by atoms with Crippen molar-refractivity contribution in [3.8, 4) is 5.75 Å². The molecule has 0 spiro atoms. The van der Waals surface area contributed by atoms with E-state index >= 15 is 0 Å². The highest BCUT2D eigenvalue weighted by Crippen LogP contribution is 2.17. The van der Waals surface area contributed by atoms with Crippen LogP contribution in [0.15, 0.2) is 42.7 Å². The lowest BCUT2D eigenvalue weighted by Gasteiger charge is -2.18. The number of carbonyl (C=O) groups excluding carboxylic acids is 2. The summed E-state index contributed by atoms with van der Waals surface area (Å²) in [5.41, 5.74) is -0.493. The molecule has 3 N–H and O–H groups in total. The first-order valence-corrected chi connectivity index (χ1v) is 9.48. The van der Waals surface area contributed by atoms with Crippen LogP contribution in [0, 0.1) is 5.41 Å². The number of rotatable bonds is 7. The molecule has 176 valence electrons. The maximum Gasteiger partial charge on any atom is 0.471 e. The number of hydrogen-bond donors (Lipinski definition) is 3. The number of halogens is 3. The fourth-order valence-electron chi connectivity index (χ4n) is 2.09. The molecule has 0 unspecified atom stereocenters. The summed E-state index contributed by atoms with van der Waals surface area (Å²) in [5.74, 6) is -1.46. The number of aromatic nitrogens is 2. The van der Waals surface area contributed by atoms with E-state index in [4.69, 9.17) is 14.9 Å². The number of alkyl carbamates (subject to hydrolysis) is 1. The van der Waals surface area contributed by atoms with Gasteiger partial charge >= 0.3 is 18.2 Å². The third-order valence-electron chi connectivity index (χ3n) is 3.34.